The third kappa shape index (κ3) is 1.72. The molecule has 0 amide bonds. The Morgan fingerprint density at radius 3 is 2.36 bits per heavy atom. The lowest BCUT2D eigenvalue weighted by molar-refractivity contribution is -0.245. The summed E-state index contributed by atoms with van der Waals surface area (Å²) in [4.78, 5) is 0. The van der Waals surface area contributed by atoms with Crippen LogP contribution in [0.3, 0.4) is 0 Å². The quantitative estimate of drug-likeness (QED) is 0.885. The van der Waals surface area contributed by atoms with Gasteiger partial charge >= 0.3 is 0 Å². The number of para-hydroxylation sites is 1. The third-order valence-corrected chi connectivity index (χ3v) is 5.24. The molecule has 1 aromatic carbocycles. The van der Waals surface area contributed by atoms with E-state index in [-0.39, 0.29) is 0 Å². The number of fused-ring (bicyclic) bond motifs is 2. The maximum absolute atomic E-state index is 10.1. The second kappa shape index (κ2) is 5.21. The summed E-state index contributed by atoms with van der Waals surface area (Å²) < 4.78 is 17.0. The molecule has 25 heavy (non-hydrogen) atoms. The normalized spacial score (nSPS) is 35.0. The fourth-order valence-electron chi connectivity index (χ4n) is 4.13. The van der Waals surface area contributed by atoms with Crippen molar-refractivity contribution in [2.75, 3.05) is 7.11 Å². The molecule has 0 radical (unpaired) electrons. The van der Waals surface area contributed by atoms with Crippen LogP contribution in [-0.2, 0) is 9.47 Å². The first-order chi connectivity index (χ1) is 11.9. The van der Waals surface area contributed by atoms with Gasteiger partial charge < -0.3 is 14.2 Å². The highest BCUT2D eigenvalue weighted by atomic mass is 16.7. The van der Waals surface area contributed by atoms with Gasteiger partial charge in [0, 0.05) is 12.5 Å². The minimum absolute atomic E-state index is 0.430. The summed E-state index contributed by atoms with van der Waals surface area (Å²) in [6.45, 7) is 3.17. The summed E-state index contributed by atoms with van der Waals surface area (Å²) in [7, 11) is 1.49. The zero-order valence-electron chi connectivity index (χ0n) is 14.0. The number of methoxy groups -OCH3 is 1. The maximum Gasteiger partial charge on any atom is 0.218 e. The fourth-order valence-corrected chi connectivity index (χ4v) is 4.13. The summed E-state index contributed by atoms with van der Waals surface area (Å²) in [5.41, 5.74) is -3.14. The van der Waals surface area contributed by atoms with Crippen LogP contribution in [0.4, 0.5) is 0 Å². The van der Waals surface area contributed by atoms with Crippen LogP contribution < -0.4 is 4.74 Å². The number of nitrogens with one attached hydrogen (secondary N) is 1. The number of hydrogen-bond acceptors (Lipinski definition) is 7. The Labute approximate surface area is 145 Å². The topological polar surface area (TPSA) is 123 Å². The van der Waals surface area contributed by atoms with Crippen molar-refractivity contribution in [2.45, 2.75) is 31.7 Å². The van der Waals surface area contributed by atoms with E-state index in [2.05, 4.69) is 6.07 Å². The molecule has 0 aromatic heterocycles. The Kier molecular flexibility index (Phi) is 3.49. The average molecular weight is 336 g/mol. The molecule has 2 aliphatic rings. The van der Waals surface area contributed by atoms with Crippen LogP contribution in [0.5, 0.6) is 5.75 Å². The van der Waals surface area contributed by atoms with Crippen LogP contribution in [-0.4, -0.2) is 24.9 Å². The molecule has 7 heteroatoms. The van der Waals surface area contributed by atoms with Crippen LogP contribution in [0.25, 0.3) is 0 Å². The molecule has 2 aliphatic heterocycles. The van der Waals surface area contributed by atoms with E-state index in [1.807, 2.05) is 12.1 Å². The predicted molar refractivity (Wildman–Crippen MR) is 85.2 cm³/mol. The van der Waals surface area contributed by atoms with E-state index >= 15 is 0 Å². The van der Waals surface area contributed by atoms with Gasteiger partial charge in [0.2, 0.25) is 11.7 Å². The smallest absolute Gasteiger partial charge is 0.218 e. The average Bonchev–Trinajstić information content (AvgIpc) is 2.79. The first kappa shape index (κ1) is 16.8. The molecule has 0 aliphatic carbocycles. The minimum Gasteiger partial charge on any atom is -0.496 e. The molecule has 0 spiro atoms. The van der Waals surface area contributed by atoms with Gasteiger partial charge in [0.1, 0.15) is 5.75 Å². The van der Waals surface area contributed by atoms with E-state index in [4.69, 9.17) is 19.6 Å². The van der Waals surface area contributed by atoms with Crippen LogP contribution in [0.2, 0.25) is 0 Å². The van der Waals surface area contributed by atoms with Crippen molar-refractivity contribution >= 4 is 5.90 Å². The number of rotatable bonds is 2. The summed E-state index contributed by atoms with van der Waals surface area (Å²) in [5, 5.41) is 38.1. The lowest BCUT2D eigenvalue weighted by Gasteiger charge is -2.47. The monoisotopic (exact) mass is 336 g/mol. The zero-order chi connectivity index (χ0) is 18.5. The second-order valence-electron chi connectivity index (χ2n) is 6.33. The van der Waals surface area contributed by atoms with Gasteiger partial charge in [-0.15, -0.1) is 0 Å². The van der Waals surface area contributed by atoms with E-state index in [0.717, 1.165) is 0 Å². The van der Waals surface area contributed by atoms with Crippen molar-refractivity contribution in [1.29, 1.82) is 21.2 Å². The van der Waals surface area contributed by atoms with Gasteiger partial charge in [-0.1, -0.05) is 18.2 Å². The van der Waals surface area contributed by atoms with Gasteiger partial charge in [0.25, 0.3) is 0 Å². The summed E-state index contributed by atoms with van der Waals surface area (Å²) in [6.07, 6.45) is -0.916. The molecule has 2 fully saturated rings. The molecule has 7 nitrogen and oxygen atoms in total. The lowest BCUT2D eigenvalue weighted by Crippen LogP contribution is -2.59. The van der Waals surface area contributed by atoms with Crippen LogP contribution in [0.1, 0.15) is 25.3 Å². The van der Waals surface area contributed by atoms with E-state index in [1.54, 1.807) is 38.1 Å². The molecule has 0 saturated carbocycles. The Morgan fingerprint density at radius 1 is 1.16 bits per heavy atom. The molecular weight excluding hydrogens is 320 g/mol. The third-order valence-electron chi connectivity index (χ3n) is 5.24. The van der Waals surface area contributed by atoms with Gasteiger partial charge in [-0.2, -0.15) is 15.8 Å². The second-order valence-corrected chi connectivity index (χ2v) is 6.33. The molecule has 4 atom stereocenters. The number of benzene rings is 1. The van der Waals surface area contributed by atoms with E-state index in [9.17, 15) is 15.8 Å². The highest BCUT2D eigenvalue weighted by Crippen LogP contribution is 2.66. The fraction of sp³-hybridized carbons (Fsp3) is 0.444. The number of nitrogens with zero attached hydrogens (tertiary/aromatic N) is 3. The molecular formula is C18H16N4O3. The highest BCUT2D eigenvalue weighted by Gasteiger charge is 2.79. The van der Waals surface area contributed by atoms with E-state index in [1.165, 1.54) is 7.11 Å². The van der Waals surface area contributed by atoms with Crippen LogP contribution in [0, 0.1) is 50.2 Å². The Morgan fingerprint density at radius 2 is 1.80 bits per heavy atom. The standard InChI is InChI=1S/C18H16N4O3/c1-11-17(8-19,9-20)18(10-21)14(16(2,24-11)25-15(18)22)12-6-4-5-7-13(12)23-3/h4-7,11,14,22H,1-3H3. The molecule has 126 valence electrons. The Hall–Kier alpha value is -3.08. The summed E-state index contributed by atoms with van der Waals surface area (Å²) in [6, 6.07) is 13.0. The van der Waals surface area contributed by atoms with Crippen molar-refractivity contribution in [3.05, 3.63) is 29.8 Å². The highest BCUT2D eigenvalue weighted by molar-refractivity contribution is 5.90. The predicted octanol–water partition coefficient (Wildman–Crippen LogP) is 2.46. The van der Waals surface area contributed by atoms with Crippen molar-refractivity contribution < 1.29 is 14.2 Å². The lowest BCUT2D eigenvalue weighted by atomic mass is 9.53. The molecule has 1 aromatic rings. The molecule has 4 unspecified atom stereocenters. The minimum atomic E-state index is -1.89. The molecule has 2 bridgehead atoms. The van der Waals surface area contributed by atoms with Crippen molar-refractivity contribution in [3.8, 4) is 24.0 Å². The zero-order valence-corrected chi connectivity index (χ0v) is 14.0. The van der Waals surface area contributed by atoms with Crippen molar-refractivity contribution in [1.82, 2.24) is 0 Å². The Balaban J connectivity index is 2.40. The van der Waals surface area contributed by atoms with Gasteiger partial charge in [-0.05, 0) is 13.0 Å². The van der Waals surface area contributed by atoms with E-state index < -0.39 is 34.5 Å². The van der Waals surface area contributed by atoms with Gasteiger partial charge in [0.15, 0.2) is 10.8 Å². The SMILES string of the molecule is COc1ccccc1C1C2(C)OC(=N)C1(C#N)C(C#N)(C#N)C(C)O2. The number of ether oxygens (including phenoxy) is 3. The Bertz CT molecular complexity index is 864. The maximum atomic E-state index is 10.1. The van der Waals surface area contributed by atoms with Gasteiger partial charge in [0.05, 0.1) is 37.3 Å². The molecule has 1 N–H and O–H groups in total. The van der Waals surface area contributed by atoms with Crippen molar-refractivity contribution in [3.63, 3.8) is 0 Å². The number of hydrogen-bond donors (Lipinski definition) is 1. The largest absolute Gasteiger partial charge is 0.496 e. The van der Waals surface area contributed by atoms with E-state index in [0.29, 0.717) is 11.3 Å². The van der Waals surface area contributed by atoms with Gasteiger partial charge in [-0.3, -0.25) is 5.41 Å². The summed E-state index contributed by atoms with van der Waals surface area (Å²) in [5.74, 6) is -2.19. The molecule has 2 heterocycles. The first-order valence-electron chi connectivity index (χ1n) is 7.69. The van der Waals surface area contributed by atoms with Crippen LogP contribution in [0.15, 0.2) is 24.3 Å². The first-order valence-corrected chi connectivity index (χ1v) is 7.69. The summed E-state index contributed by atoms with van der Waals surface area (Å²) >= 11 is 0. The van der Waals surface area contributed by atoms with Crippen molar-refractivity contribution in [2.24, 2.45) is 10.8 Å². The number of nitriles is 3. The molecule has 2 saturated heterocycles. The molecule has 3 rings (SSSR count). The van der Waals surface area contributed by atoms with Gasteiger partial charge in [-0.25, -0.2) is 0 Å². The van der Waals surface area contributed by atoms with Crippen LogP contribution >= 0.6 is 0 Å².